The number of ether oxygens (including phenoxy) is 2. The van der Waals surface area contributed by atoms with Crippen LogP contribution >= 0.6 is 0 Å². The maximum absolute atomic E-state index is 10.8. The van der Waals surface area contributed by atoms with Gasteiger partial charge in [-0.3, -0.25) is 0 Å². The van der Waals surface area contributed by atoms with Crippen molar-refractivity contribution in [1.29, 1.82) is 0 Å². The van der Waals surface area contributed by atoms with Gasteiger partial charge in [0.05, 0.1) is 37.1 Å². The molecule has 6 nitrogen and oxygen atoms in total. The number of hydrogen-bond donors (Lipinski definition) is 2. The summed E-state index contributed by atoms with van der Waals surface area (Å²) >= 11 is 0. The number of nitrogen functional groups attached to an aromatic ring is 1. The zero-order valence-electron chi connectivity index (χ0n) is 9.37. The summed E-state index contributed by atoms with van der Waals surface area (Å²) in [5, 5.41) is 11.4. The molecule has 1 aromatic heterocycles. The molecule has 0 saturated heterocycles. The van der Waals surface area contributed by atoms with Crippen LogP contribution in [0.25, 0.3) is 10.9 Å². The quantitative estimate of drug-likeness (QED) is 0.787. The molecule has 0 saturated carbocycles. The summed E-state index contributed by atoms with van der Waals surface area (Å²) in [4.78, 5) is 13.5. The van der Waals surface area contributed by atoms with Crippen LogP contribution in [0.3, 0.4) is 0 Å². The van der Waals surface area contributed by atoms with E-state index in [2.05, 4.69) is 4.98 Å². The Morgan fingerprint density at radius 3 is 2.41 bits per heavy atom. The van der Waals surface area contributed by atoms with Gasteiger partial charge in [-0.1, -0.05) is 0 Å². The summed E-state index contributed by atoms with van der Waals surface area (Å²) in [6.45, 7) is 0. The number of benzene rings is 1. The molecule has 0 atom stereocenters. The molecular formula is C11H11N2O4-. The third-order valence-corrected chi connectivity index (χ3v) is 2.55. The Balaban J connectivity index is 2.75. The first-order valence-electron chi connectivity index (χ1n) is 4.83. The highest BCUT2D eigenvalue weighted by Gasteiger charge is 2.13. The monoisotopic (exact) mass is 235 g/mol. The number of carbonyl (C=O) groups is 1. The van der Waals surface area contributed by atoms with Crippen LogP contribution in [0.1, 0.15) is 10.5 Å². The number of aromatic amines is 1. The number of aromatic carboxylic acids is 1. The summed E-state index contributed by atoms with van der Waals surface area (Å²) in [5.41, 5.74) is 6.24. The molecular weight excluding hydrogens is 224 g/mol. The predicted molar refractivity (Wildman–Crippen MR) is 60.1 cm³/mol. The summed E-state index contributed by atoms with van der Waals surface area (Å²) in [5.74, 6) is -0.377. The normalized spacial score (nSPS) is 10.5. The van der Waals surface area contributed by atoms with E-state index in [1.165, 1.54) is 14.2 Å². The Hall–Kier alpha value is -2.37. The number of carbonyl (C=O) groups excluding carboxylic acids is 1. The maximum atomic E-state index is 10.8. The first-order chi connectivity index (χ1) is 8.08. The van der Waals surface area contributed by atoms with Crippen molar-refractivity contribution in [3.05, 3.63) is 17.8 Å². The van der Waals surface area contributed by atoms with Crippen molar-refractivity contribution < 1.29 is 19.4 Å². The fourth-order valence-corrected chi connectivity index (χ4v) is 1.70. The lowest BCUT2D eigenvalue weighted by Gasteiger charge is -2.07. The second kappa shape index (κ2) is 3.89. The predicted octanol–water partition coefficient (Wildman–Crippen LogP) is 0.131. The van der Waals surface area contributed by atoms with Crippen LogP contribution in [0.4, 0.5) is 5.69 Å². The SMILES string of the molecule is COc1cc2[nH]c(C(=O)[O-])c(N)c2cc1OC. The lowest BCUT2D eigenvalue weighted by atomic mass is 10.2. The number of nitrogens with two attached hydrogens (primary N) is 1. The summed E-state index contributed by atoms with van der Waals surface area (Å²) < 4.78 is 10.2. The lowest BCUT2D eigenvalue weighted by Crippen LogP contribution is -2.23. The van der Waals surface area contributed by atoms with Gasteiger partial charge in [-0.2, -0.15) is 0 Å². The van der Waals surface area contributed by atoms with Gasteiger partial charge in [0.25, 0.3) is 0 Å². The molecule has 0 radical (unpaired) electrons. The Labute approximate surface area is 96.9 Å². The second-order valence-corrected chi connectivity index (χ2v) is 3.45. The number of nitrogens with one attached hydrogen (secondary N) is 1. The summed E-state index contributed by atoms with van der Waals surface area (Å²) in [6.07, 6.45) is 0. The fraction of sp³-hybridized carbons (Fsp3) is 0.182. The molecule has 0 aliphatic carbocycles. The number of carboxylic acids is 1. The van der Waals surface area contributed by atoms with E-state index in [0.29, 0.717) is 22.4 Å². The standard InChI is InChI=1S/C11H12N2O4/c1-16-7-3-5-6(4-8(7)17-2)13-10(9(5)12)11(14)15/h3-4,13H,12H2,1-2H3,(H,14,15)/p-1. The van der Waals surface area contributed by atoms with Gasteiger partial charge in [0.1, 0.15) is 0 Å². The van der Waals surface area contributed by atoms with Crippen molar-refractivity contribution in [2.24, 2.45) is 0 Å². The number of methoxy groups -OCH3 is 2. The van der Waals surface area contributed by atoms with E-state index in [1.54, 1.807) is 12.1 Å². The Morgan fingerprint density at radius 1 is 1.29 bits per heavy atom. The van der Waals surface area contributed by atoms with E-state index in [-0.39, 0.29) is 11.4 Å². The molecule has 0 bridgehead atoms. The molecule has 1 heterocycles. The van der Waals surface area contributed by atoms with Gasteiger partial charge in [0, 0.05) is 11.5 Å². The average molecular weight is 235 g/mol. The van der Waals surface area contributed by atoms with Crippen molar-refractivity contribution in [1.82, 2.24) is 4.98 Å². The molecule has 0 spiro atoms. The molecule has 90 valence electrons. The van der Waals surface area contributed by atoms with Crippen molar-refractivity contribution in [2.45, 2.75) is 0 Å². The van der Waals surface area contributed by atoms with Gasteiger partial charge >= 0.3 is 0 Å². The minimum Gasteiger partial charge on any atom is -0.543 e. The van der Waals surface area contributed by atoms with Crippen LogP contribution in [0.5, 0.6) is 11.5 Å². The zero-order valence-corrected chi connectivity index (χ0v) is 9.37. The molecule has 0 aliphatic rings. The van der Waals surface area contributed by atoms with Crippen molar-refractivity contribution >= 4 is 22.6 Å². The number of carboxylic acid groups (broad SMARTS) is 1. The first kappa shape index (κ1) is 11.1. The van der Waals surface area contributed by atoms with E-state index >= 15 is 0 Å². The molecule has 6 heteroatoms. The van der Waals surface area contributed by atoms with Crippen LogP contribution in [0.15, 0.2) is 12.1 Å². The Morgan fingerprint density at radius 2 is 1.88 bits per heavy atom. The molecule has 1 aromatic carbocycles. The van der Waals surface area contributed by atoms with Gasteiger partial charge in [0.2, 0.25) is 0 Å². The lowest BCUT2D eigenvalue weighted by molar-refractivity contribution is -0.255. The second-order valence-electron chi connectivity index (χ2n) is 3.45. The minimum atomic E-state index is -1.35. The Kier molecular flexibility index (Phi) is 2.55. The molecule has 0 unspecified atom stereocenters. The molecule has 2 aromatic rings. The molecule has 2 rings (SSSR count). The summed E-state index contributed by atoms with van der Waals surface area (Å²) in [6, 6.07) is 3.24. The number of anilines is 1. The number of aromatic nitrogens is 1. The molecule has 0 fully saturated rings. The number of rotatable bonds is 3. The highest BCUT2D eigenvalue weighted by molar-refractivity contribution is 6.04. The smallest absolute Gasteiger partial charge is 0.162 e. The van der Waals surface area contributed by atoms with Crippen LogP contribution < -0.4 is 20.3 Å². The van der Waals surface area contributed by atoms with Gasteiger partial charge in [0.15, 0.2) is 11.5 Å². The maximum Gasteiger partial charge on any atom is 0.162 e. The number of fused-ring (bicyclic) bond motifs is 1. The highest BCUT2D eigenvalue weighted by Crippen LogP contribution is 2.35. The van der Waals surface area contributed by atoms with E-state index in [1.807, 2.05) is 0 Å². The van der Waals surface area contributed by atoms with E-state index < -0.39 is 5.97 Å². The van der Waals surface area contributed by atoms with Crippen LogP contribution in [-0.4, -0.2) is 25.2 Å². The molecule has 3 N–H and O–H groups in total. The third kappa shape index (κ3) is 1.63. The van der Waals surface area contributed by atoms with Crippen molar-refractivity contribution in [2.75, 3.05) is 20.0 Å². The number of hydrogen-bond acceptors (Lipinski definition) is 5. The van der Waals surface area contributed by atoms with E-state index in [0.717, 1.165) is 0 Å². The van der Waals surface area contributed by atoms with E-state index in [9.17, 15) is 9.90 Å². The average Bonchev–Trinajstić information content (AvgIpc) is 2.64. The topological polar surface area (TPSA) is 100 Å². The molecule has 17 heavy (non-hydrogen) atoms. The highest BCUT2D eigenvalue weighted by atomic mass is 16.5. The van der Waals surface area contributed by atoms with Crippen molar-refractivity contribution in [3.8, 4) is 11.5 Å². The van der Waals surface area contributed by atoms with Gasteiger partial charge in [-0.15, -0.1) is 0 Å². The minimum absolute atomic E-state index is 0.126. The number of H-pyrrole nitrogens is 1. The Bertz CT molecular complexity index is 589. The first-order valence-corrected chi connectivity index (χ1v) is 4.83. The fourth-order valence-electron chi connectivity index (χ4n) is 1.70. The van der Waals surface area contributed by atoms with Gasteiger partial charge < -0.3 is 30.1 Å². The van der Waals surface area contributed by atoms with Crippen LogP contribution in [-0.2, 0) is 0 Å². The van der Waals surface area contributed by atoms with Gasteiger partial charge in [-0.05, 0) is 6.07 Å². The van der Waals surface area contributed by atoms with Gasteiger partial charge in [-0.25, -0.2) is 0 Å². The summed E-state index contributed by atoms with van der Waals surface area (Å²) in [7, 11) is 2.99. The zero-order chi connectivity index (χ0) is 12.6. The van der Waals surface area contributed by atoms with E-state index in [4.69, 9.17) is 15.2 Å². The third-order valence-electron chi connectivity index (χ3n) is 2.55. The van der Waals surface area contributed by atoms with Crippen LogP contribution in [0.2, 0.25) is 0 Å². The molecule has 0 aliphatic heterocycles. The molecule has 0 amide bonds. The van der Waals surface area contributed by atoms with Crippen molar-refractivity contribution in [3.63, 3.8) is 0 Å². The largest absolute Gasteiger partial charge is 0.543 e. The van der Waals surface area contributed by atoms with Crippen LogP contribution in [0, 0.1) is 0 Å².